The SMILES string of the molecule is Cc1ccc(C2Cc3cc(C(=O)Nc4cccc(C)c4)ccc3C(=O)O2)cc1. The maximum absolute atomic E-state index is 12.7. The number of esters is 1. The van der Waals surface area contributed by atoms with Crippen molar-refractivity contribution in [3.8, 4) is 0 Å². The van der Waals surface area contributed by atoms with Crippen LogP contribution in [0.15, 0.2) is 66.7 Å². The minimum atomic E-state index is -0.350. The zero-order valence-electron chi connectivity index (χ0n) is 15.9. The molecule has 1 N–H and O–H groups in total. The zero-order chi connectivity index (χ0) is 19.7. The first-order valence-corrected chi connectivity index (χ1v) is 9.28. The monoisotopic (exact) mass is 371 g/mol. The minimum absolute atomic E-state index is 0.195. The topological polar surface area (TPSA) is 55.4 Å². The molecular weight excluding hydrogens is 350 g/mol. The van der Waals surface area contributed by atoms with Crippen LogP contribution in [0.25, 0.3) is 0 Å². The van der Waals surface area contributed by atoms with E-state index in [1.807, 2.05) is 62.4 Å². The Bertz CT molecular complexity index is 1050. The molecule has 0 saturated heterocycles. The lowest BCUT2D eigenvalue weighted by Gasteiger charge is -2.25. The summed E-state index contributed by atoms with van der Waals surface area (Å²) in [5.74, 6) is -0.545. The van der Waals surface area contributed by atoms with Crippen molar-refractivity contribution in [2.75, 3.05) is 5.32 Å². The molecule has 0 aromatic heterocycles. The highest BCUT2D eigenvalue weighted by Crippen LogP contribution is 2.31. The number of aryl methyl sites for hydroxylation is 2. The van der Waals surface area contributed by atoms with Gasteiger partial charge in [0, 0.05) is 17.7 Å². The summed E-state index contributed by atoms with van der Waals surface area (Å²) in [5, 5.41) is 2.91. The fourth-order valence-electron chi connectivity index (χ4n) is 3.43. The summed E-state index contributed by atoms with van der Waals surface area (Å²) >= 11 is 0. The fraction of sp³-hybridized carbons (Fsp3) is 0.167. The number of hydrogen-bond acceptors (Lipinski definition) is 3. The van der Waals surface area contributed by atoms with Gasteiger partial charge in [-0.3, -0.25) is 4.79 Å². The number of rotatable bonds is 3. The molecule has 1 atom stereocenters. The Morgan fingerprint density at radius 3 is 2.50 bits per heavy atom. The van der Waals surface area contributed by atoms with Crippen molar-refractivity contribution in [3.63, 3.8) is 0 Å². The Hall–Kier alpha value is -3.40. The number of benzene rings is 3. The molecule has 4 heteroatoms. The van der Waals surface area contributed by atoms with Gasteiger partial charge >= 0.3 is 5.97 Å². The van der Waals surface area contributed by atoms with E-state index in [0.717, 1.165) is 27.9 Å². The molecule has 0 spiro atoms. The Labute approximate surface area is 164 Å². The molecule has 140 valence electrons. The number of cyclic esters (lactones) is 1. The molecule has 4 nitrogen and oxygen atoms in total. The minimum Gasteiger partial charge on any atom is -0.454 e. The molecule has 0 fully saturated rings. The number of amides is 1. The fourth-order valence-corrected chi connectivity index (χ4v) is 3.43. The number of carbonyl (C=O) groups excluding carboxylic acids is 2. The van der Waals surface area contributed by atoms with E-state index in [1.165, 1.54) is 0 Å². The van der Waals surface area contributed by atoms with Gasteiger partial charge in [-0.1, -0.05) is 42.0 Å². The van der Waals surface area contributed by atoms with Crippen molar-refractivity contribution in [1.82, 2.24) is 0 Å². The van der Waals surface area contributed by atoms with Crippen LogP contribution in [0, 0.1) is 13.8 Å². The molecule has 1 amide bonds. The lowest BCUT2D eigenvalue weighted by molar-refractivity contribution is 0.0252. The molecule has 3 aromatic rings. The van der Waals surface area contributed by atoms with Crippen LogP contribution < -0.4 is 5.32 Å². The van der Waals surface area contributed by atoms with Gasteiger partial charge in [-0.25, -0.2) is 4.79 Å². The highest BCUT2D eigenvalue weighted by atomic mass is 16.5. The van der Waals surface area contributed by atoms with Crippen molar-refractivity contribution in [1.29, 1.82) is 0 Å². The van der Waals surface area contributed by atoms with Gasteiger partial charge in [0.1, 0.15) is 6.10 Å². The highest BCUT2D eigenvalue weighted by molar-refractivity contribution is 6.05. The van der Waals surface area contributed by atoms with Crippen molar-refractivity contribution in [2.45, 2.75) is 26.4 Å². The van der Waals surface area contributed by atoms with E-state index in [0.29, 0.717) is 17.5 Å². The Kier molecular flexibility index (Phi) is 4.70. The first kappa shape index (κ1) is 18.0. The molecule has 0 saturated carbocycles. The standard InChI is InChI=1S/C24H21NO3/c1-15-6-8-17(9-7-15)22-14-19-13-18(10-11-21(19)24(27)28-22)23(26)25-20-5-3-4-16(2)12-20/h3-13,22H,14H2,1-2H3,(H,25,26). The highest BCUT2D eigenvalue weighted by Gasteiger charge is 2.28. The van der Waals surface area contributed by atoms with Gasteiger partial charge < -0.3 is 10.1 Å². The second kappa shape index (κ2) is 7.31. The van der Waals surface area contributed by atoms with Gasteiger partial charge in [-0.2, -0.15) is 0 Å². The summed E-state index contributed by atoms with van der Waals surface area (Å²) < 4.78 is 5.61. The molecule has 0 radical (unpaired) electrons. The predicted octanol–water partition coefficient (Wildman–Crippen LogP) is 5.01. The molecule has 28 heavy (non-hydrogen) atoms. The summed E-state index contributed by atoms with van der Waals surface area (Å²) in [4.78, 5) is 25.1. The number of anilines is 1. The second-order valence-corrected chi connectivity index (χ2v) is 7.20. The van der Waals surface area contributed by atoms with Crippen LogP contribution in [-0.4, -0.2) is 11.9 Å². The molecule has 4 rings (SSSR count). The van der Waals surface area contributed by atoms with E-state index < -0.39 is 0 Å². The average molecular weight is 371 g/mol. The van der Waals surface area contributed by atoms with E-state index in [-0.39, 0.29) is 18.0 Å². The van der Waals surface area contributed by atoms with Crippen LogP contribution in [0.4, 0.5) is 5.69 Å². The number of ether oxygens (including phenoxy) is 1. The van der Waals surface area contributed by atoms with Gasteiger partial charge in [-0.15, -0.1) is 0 Å². The van der Waals surface area contributed by atoms with Crippen LogP contribution in [0.5, 0.6) is 0 Å². The summed E-state index contributed by atoms with van der Waals surface area (Å²) in [7, 11) is 0. The molecule has 3 aromatic carbocycles. The number of fused-ring (bicyclic) bond motifs is 1. The predicted molar refractivity (Wildman–Crippen MR) is 109 cm³/mol. The Morgan fingerprint density at radius 1 is 0.964 bits per heavy atom. The van der Waals surface area contributed by atoms with Crippen LogP contribution in [0.3, 0.4) is 0 Å². The molecule has 1 aliphatic heterocycles. The van der Waals surface area contributed by atoms with Crippen LogP contribution in [0.2, 0.25) is 0 Å². The quantitative estimate of drug-likeness (QED) is 0.659. The van der Waals surface area contributed by atoms with E-state index in [9.17, 15) is 9.59 Å². The third kappa shape index (κ3) is 3.67. The third-order valence-corrected chi connectivity index (χ3v) is 4.97. The van der Waals surface area contributed by atoms with Gasteiger partial charge in [0.15, 0.2) is 0 Å². The summed E-state index contributed by atoms with van der Waals surface area (Å²) in [6.45, 7) is 4.00. The maximum Gasteiger partial charge on any atom is 0.339 e. The Balaban J connectivity index is 1.58. The molecule has 1 unspecified atom stereocenters. The maximum atomic E-state index is 12.7. The molecular formula is C24H21NO3. The lowest BCUT2D eigenvalue weighted by atomic mass is 9.92. The first-order chi connectivity index (χ1) is 13.5. The summed E-state index contributed by atoms with van der Waals surface area (Å²) in [5.41, 5.74) is 5.82. The van der Waals surface area contributed by atoms with Gasteiger partial charge in [0.05, 0.1) is 5.56 Å². The van der Waals surface area contributed by atoms with Crippen molar-refractivity contribution >= 4 is 17.6 Å². The van der Waals surface area contributed by atoms with Crippen LogP contribution in [-0.2, 0) is 11.2 Å². The van der Waals surface area contributed by atoms with Crippen LogP contribution in [0.1, 0.15) is 49.1 Å². The van der Waals surface area contributed by atoms with Gasteiger partial charge in [-0.05, 0) is 60.9 Å². The van der Waals surface area contributed by atoms with Crippen molar-refractivity contribution in [3.05, 3.63) is 100 Å². The first-order valence-electron chi connectivity index (χ1n) is 9.28. The molecule has 0 bridgehead atoms. The number of hydrogen-bond donors (Lipinski definition) is 1. The normalized spacial score (nSPS) is 15.5. The summed E-state index contributed by atoms with van der Waals surface area (Å²) in [6, 6.07) is 20.8. The van der Waals surface area contributed by atoms with E-state index in [2.05, 4.69) is 5.32 Å². The van der Waals surface area contributed by atoms with E-state index in [4.69, 9.17) is 4.74 Å². The van der Waals surface area contributed by atoms with Gasteiger partial charge in [0.25, 0.3) is 5.91 Å². The smallest absolute Gasteiger partial charge is 0.339 e. The molecule has 0 aliphatic carbocycles. The third-order valence-electron chi connectivity index (χ3n) is 4.97. The second-order valence-electron chi connectivity index (χ2n) is 7.20. The van der Waals surface area contributed by atoms with Gasteiger partial charge in [0.2, 0.25) is 0 Å². The van der Waals surface area contributed by atoms with Crippen LogP contribution >= 0.6 is 0 Å². The average Bonchev–Trinajstić information content (AvgIpc) is 2.68. The zero-order valence-corrected chi connectivity index (χ0v) is 15.9. The number of carbonyl (C=O) groups is 2. The van der Waals surface area contributed by atoms with Crippen molar-refractivity contribution in [2.24, 2.45) is 0 Å². The van der Waals surface area contributed by atoms with Crippen molar-refractivity contribution < 1.29 is 14.3 Å². The number of nitrogens with one attached hydrogen (secondary N) is 1. The van der Waals surface area contributed by atoms with E-state index >= 15 is 0 Å². The molecule has 1 aliphatic rings. The lowest BCUT2D eigenvalue weighted by Crippen LogP contribution is -2.23. The largest absolute Gasteiger partial charge is 0.454 e. The molecule has 1 heterocycles. The Morgan fingerprint density at radius 2 is 1.75 bits per heavy atom. The van der Waals surface area contributed by atoms with E-state index in [1.54, 1.807) is 18.2 Å². The summed E-state index contributed by atoms with van der Waals surface area (Å²) in [6.07, 6.45) is 0.214.